The van der Waals surface area contributed by atoms with Gasteiger partial charge < -0.3 is 9.84 Å². The molecule has 1 N–H and O–H groups in total. The average molecular weight is 229 g/mol. The molecule has 0 spiro atoms. The summed E-state index contributed by atoms with van der Waals surface area (Å²) in [7, 11) is 0. The van der Waals surface area contributed by atoms with Crippen LogP contribution in [0, 0.1) is 5.41 Å². The van der Waals surface area contributed by atoms with Gasteiger partial charge in [-0.25, -0.2) is 4.98 Å². The Labute approximate surface area is 95.1 Å². The minimum atomic E-state index is 0.00722. The topological polar surface area (TPSA) is 42.4 Å². The Morgan fingerprint density at radius 2 is 2.20 bits per heavy atom. The molecule has 4 heteroatoms. The molecule has 86 valence electrons. The van der Waals surface area contributed by atoms with Crippen molar-refractivity contribution in [2.24, 2.45) is 5.41 Å². The number of aliphatic hydroxyl groups is 1. The zero-order valence-corrected chi connectivity index (χ0v) is 10.6. The first-order chi connectivity index (χ1) is 6.99. The lowest BCUT2D eigenvalue weighted by Gasteiger charge is -2.28. The van der Waals surface area contributed by atoms with Gasteiger partial charge in [0.05, 0.1) is 11.5 Å². The Kier molecular flexibility index (Phi) is 4.25. The quantitative estimate of drug-likeness (QED) is 0.863. The van der Waals surface area contributed by atoms with Crippen LogP contribution >= 0.6 is 11.3 Å². The van der Waals surface area contributed by atoms with Crippen molar-refractivity contribution in [1.29, 1.82) is 0 Å². The number of aliphatic hydroxyl groups excluding tert-OH is 1. The highest BCUT2D eigenvalue weighted by atomic mass is 32.1. The number of hydrogen-bond donors (Lipinski definition) is 1. The second kappa shape index (κ2) is 5.05. The molecule has 0 aliphatic rings. The molecule has 1 aromatic rings. The molecule has 0 radical (unpaired) electrons. The lowest BCUT2D eigenvalue weighted by Crippen LogP contribution is -2.21. The molecule has 15 heavy (non-hydrogen) atoms. The van der Waals surface area contributed by atoms with Gasteiger partial charge in [0.15, 0.2) is 0 Å². The van der Waals surface area contributed by atoms with Gasteiger partial charge in [-0.1, -0.05) is 20.8 Å². The molecule has 0 bridgehead atoms. The Bertz CT molecular complexity index is 304. The fourth-order valence-electron chi connectivity index (χ4n) is 1.38. The summed E-state index contributed by atoms with van der Waals surface area (Å²) in [6, 6.07) is 0. The molecule has 1 rings (SSSR count). The second-order valence-electron chi connectivity index (χ2n) is 4.52. The molecule has 3 nitrogen and oxygen atoms in total. The van der Waals surface area contributed by atoms with E-state index in [1.54, 1.807) is 6.20 Å². The third kappa shape index (κ3) is 3.26. The molecule has 0 amide bonds. The van der Waals surface area contributed by atoms with Crippen LogP contribution < -0.4 is 0 Å². The van der Waals surface area contributed by atoms with Gasteiger partial charge in [0.1, 0.15) is 11.1 Å². The first kappa shape index (κ1) is 12.6. The Hall–Kier alpha value is -0.450. The molecule has 1 atom stereocenters. The molecule has 1 unspecified atom stereocenters. The van der Waals surface area contributed by atoms with Gasteiger partial charge in [-0.15, -0.1) is 11.3 Å². The van der Waals surface area contributed by atoms with E-state index in [1.807, 2.05) is 6.92 Å². The number of ether oxygens (including phenoxy) is 1. The minimum absolute atomic E-state index is 0.00722. The van der Waals surface area contributed by atoms with Gasteiger partial charge in [0.25, 0.3) is 0 Å². The monoisotopic (exact) mass is 229 g/mol. The fraction of sp³-hybridized carbons (Fsp3) is 0.727. The van der Waals surface area contributed by atoms with Crippen LogP contribution in [0.25, 0.3) is 0 Å². The van der Waals surface area contributed by atoms with E-state index in [2.05, 4.69) is 25.8 Å². The second-order valence-corrected chi connectivity index (χ2v) is 5.67. The number of thiazole rings is 1. The van der Waals surface area contributed by atoms with Crippen LogP contribution in [0.3, 0.4) is 0 Å². The van der Waals surface area contributed by atoms with E-state index in [4.69, 9.17) is 9.84 Å². The molecule has 0 aliphatic heterocycles. The third-order valence-electron chi connectivity index (χ3n) is 2.07. The molecule has 0 saturated heterocycles. The summed E-state index contributed by atoms with van der Waals surface area (Å²) < 4.78 is 5.72. The zero-order chi connectivity index (χ0) is 11.5. The summed E-state index contributed by atoms with van der Waals surface area (Å²) in [6.45, 7) is 9.12. The molecule has 0 saturated carbocycles. The van der Waals surface area contributed by atoms with Crippen LogP contribution in [-0.4, -0.2) is 16.7 Å². The van der Waals surface area contributed by atoms with Crippen molar-refractivity contribution in [3.05, 3.63) is 16.1 Å². The van der Waals surface area contributed by atoms with E-state index in [0.717, 1.165) is 9.88 Å². The first-order valence-corrected chi connectivity index (χ1v) is 5.97. The van der Waals surface area contributed by atoms with Gasteiger partial charge >= 0.3 is 0 Å². The average Bonchev–Trinajstić information content (AvgIpc) is 2.60. The van der Waals surface area contributed by atoms with E-state index < -0.39 is 0 Å². The van der Waals surface area contributed by atoms with Crippen molar-refractivity contribution in [3.63, 3.8) is 0 Å². The van der Waals surface area contributed by atoms with Gasteiger partial charge in [0.2, 0.25) is 0 Å². The smallest absolute Gasteiger partial charge is 0.122 e. The Balaban J connectivity index is 2.88. The molecule has 1 heterocycles. The maximum atomic E-state index is 9.00. The highest BCUT2D eigenvalue weighted by molar-refractivity contribution is 7.11. The SMILES string of the molecule is CCOC(c1ncc(CO)s1)C(C)(C)C. The third-order valence-corrected chi connectivity index (χ3v) is 3.10. The summed E-state index contributed by atoms with van der Waals surface area (Å²) in [5.41, 5.74) is 0.0284. The van der Waals surface area contributed by atoms with Gasteiger partial charge in [0, 0.05) is 12.8 Å². The molecule has 0 aromatic carbocycles. The van der Waals surface area contributed by atoms with Crippen molar-refractivity contribution in [2.45, 2.75) is 40.4 Å². The summed E-state index contributed by atoms with van der Waals surface area (Å²) >= 11 is 1.52. The minimum Gasteiger partial charge on any atom is -0.391 e. The number of aromatic nitrogens is 1. The summed E-state index contributed by atoms with van der Waals surface area (Å²) in [5.74, 6) is 0. The fourth-order valence-corrected chi connectivity index (χ4v) is 2.45. The summed E-state index contributed by atoms with van der Waals surface area (Å²) in [6.07, 6.45) is 1.73. The maximum absolute atomic E-state index is 9.00. The first-order valence-electron chi connectivity index (χ1n) is 5.16. The van der Waals surface area contributed by atoms with E-state index >= 15 is 0 Å². The predicted octanol–water partition coefficient (Wildman–Crippen LogP) is 2.76. The number of nitrogens with zero attached hydrogens (tertiary/aromatic N) is 1. The van der Waals surface area contributed by atoms with Gasteiger partial charge in [-0.05, 0) is 12.3 Å². The Morgan fingerprint density at radius 1 is 1.53 bits per heavy atom. The van der Waals surface area contributed by atoms with E-state index in [0.29, 0.717) is 6.61 Å². The van der Waals surface area contributed by atoms with Gasteiger partial charge in [-0.2, -0.15) is 0 Å². The van der Waals surface area contributed by atoms with E-state index in [9.17, 15) is 0 Å². The van der Waals surface area contributed by atoms with Crippen LogP contribution in [0.2, 0.25) is 0 Å². The largest absolute Gasteiger partial charge is 0.391 e. The van der Waals surface area contributed by atoms with Crippen molar-refractivity contribution in [2.75, 3.05) is 6.61 Å². The highest BCUT2D eigenvalue weighted by Crippen LogP contribution is 2.37. The summed E-state index contributed by atoms with van der Waals surface area (Å²) in [5, 5.41) is 9.95. The van der Waals surface area contributed by atoms with Gasteiger partial charge in [-0.3, -0.25) is 0 Å². The van der Waals surface area contributed by atoms with Crippen molar-refractivity contribution < 1.29 is 9.84 Å². The number of hydrogen-bond acceptors (Lipinski definition) is 4. The molecule has 0 aliphatic carbocycles. The van der Waals surface area contributed by atoms with Crippen molar-refractivity contribution in [1.82, 2.24) is 4.98 Å². The Morgan fingerprint density at radius 3 is 2.60 bits per heavy atom. The lowest BCUT2D eigenvalue weighted by molar-refractivity contribution is -0.0133. The van der Waals surface area contributed by atoms with Crippen LogP contribution in [0.4, 0.5) is 0 Å². The van der Waals surface area contributed by atoms with Crippen molar-refractivity contribution in [3.8, 4) is 0 Å². The van der Waals surface area contributed by atoms with E-state index in [-0.39, 0.29) is 18.1 Å². The predicted molar refractivity (Wildman–Crippen MR) is 61.9 cm³/mol. The zero-order valence-electron chi connectivity index (χ0n) is 9.78. The maximum Gasteiger partial charge on any atom is 0.122 e. The van der Waals surface area contributed by atoms with Crippen LogP contribution in [-0.2, 0) is 11.3 Å². The van der Waals surface area contributed by atoms with Crippen LogP contribution in [0.1, 0.15) is 43.7 Å². The summed E-state index contributed by atoms with van der Waals surface area (Å²) in [4.78, 5) is 5.19. The van der Waals surface area contributed by atoms with E-state index in [1.165, 1.54) is 11.3 Å². The number of rotatable bonds is 4. The lowest BCUT2D eigenvalue weighted by atomic mass is 9.89. The standard InChI is InChI=1S/C11H19NO2S/c1-5-14-9(11(2,3)4)10-12-6-8(7-13)15-10/h6,9,13H,5,7H2,1-4H3. The van der Waals surface area contributed by atoms with Crippen LogP contribution in [0.15, 0.2) is 6.20 Å². The molecular weight excluding hydrogens is 210 g/mol. The highest BCUT2D eigenvalue weighted by Gasteiger charge is 2.29. The van der Waals surface area contributed by atoms with Crippen molar-refractivity contribution >= 4 is 11.3 Å². The molecule has 0 fully saturated rings. The molecular formula is C11H19NO2S. The molecule has 1 aromatic heterocycles. The normalized spacial score (nSPS) is 14.2. The van der Waals surface area contributed by atoms with Crippen LogP contribution in [0.5, 0.6) is 0 Å².